The van der Waals surface area contributed by atoms with Crippen LogP contribution in [-0.2, 0) is 12.7 Å². The van der Waals surface area contributed by atoms with Crippen LogP contribution < -0.4 is 0 Å². The Balaban J connectivity index is 2.04. The van der Waals surface area contributed by atoms with Crippen LogP contribution in [0, 0.1) is 0 Å². The van der Waals surface area contributed by atoms with Gasteiger partial charge < -0.3 is 4.57 Å². The zero-order valence-electron chi connectivity index (χ0n) is 11.9. The Morgan fingerprint density at radius 1 is 0.958 bits per heavy atom. The van der Waals surface area contributed by atoms with Gasteiger partial charge in [0.05, 0.1) is 11.6 Å². The van der Waals surface area contributed by atoms with Crippen LogP contribution >= 0.6 is 23.2 Å². The Morgan fingerprint density at radius 2 is 1.58 bits per heavy atom. The van der Waals surface area contributed by atoms with E-state index in [0.29, 0.717) is 21.4 Å². The fourth-order valence-corrected chi connectivity index (χ4v) is 2.30. The first-order valence-electron chi connectivity index (χ1n) is 6.69. The molecule has 2 heterocycles. The summed E-state index contributed by atoms with van der Waals surface area (Å²) in [6, 6.07) is 6.37. The van der Waals surface area contributed by atoms with Crippen LogP contribution in [0.3, 0.4) is 0 Å². The average molecular weight is 373 g/mol. The molecule has 0 saturated heterocycles. The van der Waals surface area contributed by atoms with E-state index in [9.17, 15) is 13.2 Å². The minimum atomic E-state index is -4.55. The predicted molar refractivity (Wildman–Crippen MR) is 83.8 cm³/mol. The van der Waals surface area contributed by atoms with E-state index in [2.05, 4.69) is 15.0 Å². The number of imidazole rings is 1. The number of alkyl halides is 3. The van der Waals surface area contributed by atoms with Gasteiger partial charge in [0.15, 0.2) is 5.69 Å². The molecule has 1 aromatic carbocycles. The van der Waals surface area contributed by atoms with Gasteiger partial charge in [0.2, 0.25) is 0 Å². The molecule has 0 radical (unpaired) electrons. The van der Waals surface area contributed by atoms with E-state index in [1.807, 2.05) is 0 Å². The molecular formula is C15H9Cl2F3N4. The minimum Gasteiger partial charge on any atom is -0.323 e. The zero-order valence-corrected chi connectivity index (χ0v) is 13.4. The van der Waals surface area contributed by atoms with Crippen LogP contribution in [0.25, 0.3) is 11.4 Å². The molecule has 0 N–H and O–H groups in total. The normalized spacial score (nSPS) is 11.7. The van der Waals surface area contributed by atoms with E-state index >= 15 is 0 Å². The summed E-state index contributed by atoms with van der Waals surface area (Å²) in [6.45, 7) is 0.0260. The van der Waals surface area contributed by atoms with Crippen molar-refractivity contribution in [3.63, 3.8) is 0 Å². The molecule has 0 spiro atoms. The van der Waals surface area contributed by atoms with Crippen LogP contribution in [0.1, 0.15) is 11.5 Å². The molecule has 0 amide bonds. The number of benzene rings is 1. The molecule has 2 aromatic heterocycles. The fraction of sp³-hybridized carbons (Fsp3) is 0.133. The molecule has 4 nitrogen and oxygen atoms in total. The molecule has 0 bridgehead atoms. The minimum absolute atomic E-state index is 0.0260. The van der Waals surface area contributed by atoms with Crippen LogP contribution in [0.4, 0.5) is 13.2 Å². The van der Waals surface area contributed by atoms with Crippen molar-refractivity contribution in [3.05, 3.63) is 64.4 Å². The van der Waals surface area contributed by atoms with Gasteiger partial charge >= 0.3 is 6.18 Å². The van der Waals surface area contributed by atoms with E-state index < -0.39 is 11.9 Å². The first-order chi connectivity index (χ1) is 11.3. The van der Waals surface area contributed by atoms with Crippen molar-refractivity contribution in [2.24, 2.45) is 0 Å². The first kappa shape index (κ1) is 16.7. The van der Waals surface area contributed by atoms with Gasteiger partial charge in [-0.05, 0) is 24.3 Å². The summed E-state index contributed by atoms with van der Waals surface area (Å²) >= 11 is 11.5. The van der Waals surface area contributed by atoms with Gasteiger partial charge in [-0.25, -0.2) is 15.0 Å². The molecule has 0 aliphatic heterocycles. The van der Waals surface area contributed by atoms with Gasteiger partial charge in [-0.3, -0.25) is 0 Å². The van der Waals surface area contributed by atoms with Crippen LogP contribution in [0.15, 0.2) is 42.9 Å². The van der Waals surface area contributed by atoms with Crippen molar-refractivity contribution in [1.29, 1.82) is 0 Å². The predicted octanol–water partition coefficient (Wildman–Crippen LogP) is 4.71. The number of hydrogen-bond acceptors (Lipinski definition) is 3. The van der Waals surface area contributed by atoms with Crippen molar-refractivity contribution in [1.82, 2.24) is 19.5 Å². The highest BCUT2D eigenvalue weighted by Crippen LogP contribution is 2.31. The van der Waals surface area contributed by atoms with Gasteiger partial charge in [-0.15, -0.1) is 0 Å². The van der Waals surface area contributed by atoms with E-state index in [0.717, 1.165) is 6.20 Å². The Labute approximate surface area is 144 Å². The number of hydrogen-bond donors (Lipinski definition) is 0. The maximum Gasteiger partial charge on any atom is 0.434 e. The summed E-state index contributed by atoms with van der Waals surface area (Å²) in [5, 5.41) is 0.826. The Bertz CT molecular complexity index is 843. The largest absolute Gasteiger partial charge is 0.434 e. The van der Waals surface area contributed by atoms with E-state index in [4.69, 9.17) is 23.2 Å². The highest BCUT2D eigenvalue weighted by molar-refractivity contribution is 6.30. The third-order valence-corrected chi connectivity index (χ3v) is 3.60. The molecule has 0 aliphatic carbocycles. The number of nitrogens with zero attached hydrogens (tertiary/aromatic N) is 4. The average Bonchev–Trinajstić information content (AvgIpc) is 2.94. The summed E-state index contributed by atoms with van der Waals surface area (Å²) in [7, 11) is 0. The van der Waals surface area contributed by atoms with Crippen molar-refractivity contribution >= 4 is 23.2 Å². The quantitative estimate of drug-likeness (QED) is 0.668. The van der Waals surface area contributed by atoms with Gasteiger partial charge in [0.1, 0.15) is 11.6 Å². The molecule has 9 heteroatoms. The van der Waals surface area contributed by atoms with E-state index in [1.54, 1.807) is 24.3 Å². The van der Waals surface area contributed by atoms with Gasteiger partial charge in [-0.2, -0.15) is 13.2 Å². The SMILES string of the molecule is FC(F)(F)c1cn(Cc2ncc(Cl)cn2)c(-c2ccc(Cl)cc2)n1. The molecule has 0 aliphatic rings. The summed E-state index contributed by atoms with van der Waals surface area (Å²) in [5.74, 6) is 0.471. The van der Waals surface area contributed by atoms with Crippen LogP contribution in [0.5, 0.6) is 0 Å². The molecule has 124 valence electrons. The zero-order chi connectivity index (χ0) is 17.3. The third kappa shape index (κ3) is 3.68. The standard InChI is InChI=1S/C15H9Cl2F3N4/c16-10-3-1-9(2-4-10)14-23-12(15(18,19)20)7-24(14)8-13-21-5-11(17)6-22-13/h1-7H,8H2. The van der Waals surface area contributed by atoms with Gasteiger partial charge in [0, 0.05) is 29.2 Å². The molecule has 0 atom stereocenters. The summed E-state index contributed by atoms with van der Waals surface area (Å²) in [6.07, 6.45) is -0.851. The fourth-order valence-electron chi connectivity index (χ4n) is 2.08. The molecule has 0 unspecified atom stereocenters. The van der Waals surface area contributed by atoms with Crippen molar-refractivity contribution in [2.45, 2.75) is 12.7 Å². The Hall–Kier alpha value is -2.12. The highest BCUT2D eigenvalue weighted by atomic mass is 35.5. The lowest BCUT2D eigenvalue weighted by molar-refractivity contribution is -0.140. The second-order valence-corrected chi connectivity index (χ2v) is 5.77. The Kier molecular flexibility index (Phi) is 4.47. The number of aromatic nitrogens is 4. The number of halogens is 5. The Morgan fingerprint density at radius 3 is 2.17 bits per heavy atom. The second kappa shape index (κ2) is 6.41. The van der Waals surface area contributed by atoms with Crippen molar-refractivity contribution in [2.75, 3.05) is 0 Å². The molecule has 3 aromatic rings. The second-order valence-electron chi connectivity index (χ2n) is 4.90. The molecular weight excluding hydrogens is 364 g/mol. The maximum absolute atomic E-state index is 13.0. The van der Waals surface area contributed by atoms with Gasteiger partial charge in [-0.1, -0.05) is 23.2 Å². The van der Waals surface area contributed by atoms with E-state index in [-0.39, 0.29) is 12.4 Å². The maximum atomic E-state index is 13.0. The first-order valence-corrected chi connectivity index (χ1v) is 7.45. The van der Waals surface area contributed by atoms with E-state index in [1.165, 1.54) is 17.0 Å². The van der Waals surface area contributed by atoms with Crippen LogP contribution in [-0.4, -0.2) is 19.5 Å². The molecule has 3 rings (SSSR count). The lowest BCUT2D eigenvalue weighted by atomic mass is 10.2. The highest BCUT2D eigenvalue weighted by Gasteiger charge is 2.35. The van der Waals surface area contributed by atoms with Crippen molar-refractivity contribution < 1.29 is 13.2 Å². The lowest BCUT2D eigenvalue weighted by Gasteiger charge is -2.07. The number of rotatable bonds is 3. The molecule has 0 saturated carbocycles. The summed E-state index contributed by atoms with van der Waals surface area (Å²) < 4.78 is 40.4. The lowest BCUT2D eigenvalue weighted by Crippen LogP contribution is -2.06. The van der Waals surface area contributed by atoms with Gasteiger partial charge in [0.25, 0.3) is 0 Å². The molecule has 24 heavy (non-hydrogen) atoms. The molecule has 0 fully saturated rings. The van der Waals surface area contributed by atoms with Crippen LogP contribution in [0.2, 0.25) is 10.0 Å². The topological polar surface area (TPSA) is 43.6 Å². The monoisotopic (exact) mass is 372 g/mol. The summed E-state index contributed by atoms with van der Waals surface area (Å²) in [4.78, 5) is 11.7. The summed E-state index contributed by atoms with van der Waals surface area (Å²) in [5.41, 5.74) is -0.481. The smallest absolute Gasteiger partial charge is 0.323 e. The third-order valence-electron chi connectivity index (χ3n) is 3.15. The van der Waals surface area contributed by atoms with Crippen molar-refractivity contribution in [3.8, 4) is 11.4 Å².